The number of piperidine rings is 1. The third kappa shape index (κ3) is 4.36. The Morgan fingerprint density at radius 3 is 2.79 bits per heavy atom. The lowest BCUT2D eigenvalue weighted by molar-refractivity contribution is 0.419. The molecule has 1 N–H and O–H groups in total. The lowest BCUT2D eigenvalue weighted by atomic mass is 10.1. The number of fused-ring (bicyclic) bond motifs is 1. The van der Waals surface area contributed by atoms with E-state index in [1.165, 1.54) is 0 Å². The molecule has 0 spiro atoms. The second kappa shape index (κ2) is 8.24. The lowest BCUT2D eigenvalue weighted by Gasteiger charge is -2.34. The summed E-state index contributed by atoms with van der Waals surface area (Å²) in [5.41, 5.74) is 2.86. The predicted molar refractivity (Wildman–Crippen MR) is 117 cm³/mol. The molecule has 1 saturated heterocycles. The van der Waals surface area contributed by atoms with E-state index >= 15 is 0 Å². The first kappa shape index (κ1) is 20.0. The van der Waals surface area contributed by atoms with E-state index in [0.29, 0.717) is 17.7 Å². The molecule has 1 aliphatic heterocycles. The minimum atomic E-state index is 0.252. The van der Waals surface area contributed by atoms with E-state index in [1.54, 1.807) is 0 Å². The molecule has 4 rings (SSSR count). The van der Waals surface area contributed by atoms with Crippen LogP contribution in [-0.4, -0.2) is 43.9 Å². The lowest BCUT2D eigenvalue weighted by Crippen LogP contribution is -2.46. The molecule has 29 heavy (non-hydrogen) atoms. The standard InChI is InChI=1S/C21H28ClN7/c1-13(2)29-21-17(11-24-29)9-16(20(22)27-21)10-23-18-6-5-7-28(12-18)19-8-14(3)25-15(4)26-19/h8-9,11,13,18,23H,5-7,10,12H2,1-4H3. The maximum atomic E-state index is 6.49. The molecule has 0 amide bonds. The minimum absolute atomic E-state index is 0.252. The van der Waals surface area contributed by atoms with Gasteiger partial charge in [0.1, 0.15) is 16.8 Å². The van der Waals surface area contributed by atoms with Gasteiger partial charge in [-0.1, -0.05) is 11.6 Å². The molecule has 3 aromatic rings. The molecule has 1 atom stereocenters. The molecule has 0 radical (unpaired) electrons. The first-order chi connectivity index (χ1) is 13.9. The van der Waals surface area contributed by atoms with Crippen LogP contribution in [0.3, 0.4) is 0 Å². The number of aryl methyl sites for hydroxylation is 2. The van der Waals surface area contributed by atoms with Gasteiger partial charge in [0.2, 0.25) is 0 Å². The Kier molecular flexibility index (Phi) is 5.69. The zero-order chi connectivity index (χ0) is 20.5. The molecular weight excluding hydrogens is 386 g/mol. The van der Waals surface area contributed by atoms with Crippen LogP contribution in [0.25, 0.3) is 11.0 Å². The van der Waals surface area contributed by atoms with E-state index in [0.717, 1.165) is 59.9 Å². The molecule has 0 bridgehead atoms. The first-order valence-corrected chi connectivity index (χ1v) is 10.6. The SMILES string of the molecule is Cc1cc(N2CCCC(NCc3cc4cnn(C(C)C)c4nc3Cl)C2)nc(C)n1. The van der Waals surface area contributed by atoms with Crippen LogP contribution in [-0.2, 0) is 6.54 Å². The average molecular weight is 414 g/mol. The summed E-state index contributed by atoms with van der Waals surface area (Å²) in [6, 6.07) is 4.80. The maximum Gasteiger partial charge on any atom is 0.159 e. The highest BCUT2D eigenvalue weighted by Crippen LogP contribution is 2.23. The Morgan fingerprint density at radius 2 is 2.03 bits per heavy atom. The molecule has 0 aliphatic carbocycles. The second-order valence-corrected chi connectivity index (χ2v) is 8.47. The Morgan fingerprint density at radius 1 is 1.21 bits per heavy atom. The van der Waals surface area contributed by atoms with Crippen molar-refractivity contribution in [2.24, 2.45) is 0 Å². The molecule has 1 fully saturated rings. The van der Waals surface area contributed by atoms with Crippen molar-refractivity contribution < 1.29 is 0 Å². The number of hydrogen-bond donors (Lipinski definition) is 1. The van der Waals surface area contributed by atoms with Gasteiger partial charge in [-0.2, -0.15) is 5.10 Å². The molecule has 3 aromatic heterocycles. The van der Waals surface area contributed by atoms with E-state index in [4.69, 9.17) is 11.6 Å². The Balaban J connectivity index is 1.45. The highest BCUT2D eigenvalue weighted by molar-refractivity contribution is 6.30. The number of aromatic nitrogens is 5. The summed E-state index contributed by atoms with van der Waals surface area (Å²) in [6.07, 6.45) is 4.13. The van der Waals surface area contributed by atoms with Crippen LogP contribution >= 0.6 is 11.6 Å². The van der Waals surface area contributed by atoms with Crippen LogP contribution < -0.4 is 10.2 Å². The topological polar surface area (TPSA) is 71.8 Å². The fraction of sp³-hybridized carbons (Fsp3) is 0.524. The van der Waals surface area contributed by atoms with Crippen LogP contribution in [0, 0.1) is 13.8 Å². The summed E-state index contributed by atoms with van der Waals surface area (Å²) in [6.45, 7) is 10.8. The van der Waals surface area contributed by atoms with Crippen LogP contribution in [0.4, 0.5) is 5.82 Å². The summed E-state index contributed by atoms with van der Waals surface area (Å²) < 4.78 is 1.91. The molecule has 0 aromatic carbocycles. The van der Waals surface area contributed by atoms with Crippen molar-refractivity contribution >= 4 is 28.5 Å². The van der Waals surface area contributed by atoms with Gasteiger partial charge in [-0.05, 0) is 46.6 Å². The molecule has 4 heterocycles. The van der Waals surface area contributed by atoms with Crippen molar-refractivity contribution in [1.82, 2.24) is 30.0 Å². The van der Waals surface area contributed by atoms with Gasteiger partial charge >= 0.3 is 0 Å². The molecule has 0 saturated carbocycles. The van der Waals surface area contributed by atoms with Gasteiger partial charge in [-0.15, -0.1) is 0 Å². The number of rotatable bonds is 5. The highest BCUT2D eigenvalue weighted by atomic mass is 35.5. The van der Waals surface area contributed by atoms with E-state index in [2.05, 4.69) is 56.2 Å². The van der Waals surface area contributed by atoms with E-state index < -0.39 is 0 Å². The third-order valence-electron chi connectivity index (χ3n) is 5.36. The monoisotopic (exact) mass is 413 g/mol. The molecule has 7 nitrogen and oxygen atoms in total. The second-order valence-electron chi connectivity index (χ2n) is 8.11. The van der Waals surface area contributed by atoms with Crippen LogP contribution in [0.15, 0.2) is 18.3 Å². The summed E-state index contributed by atoms with van der Waals surface area (Å²) in [5, 5.41) is 9.68. The smallest absolute Gasteiger partial charge is 0.159 e. The fourth-order valence-corrected chi connectivity index (χ4v) is 4.17. The molecular formula is C21H28ClN7. The largest absolute Gasteiger partial charge is 0.355 e. The van der Waals surface area contributed by atoms with Gasteiger partial charge in [0.05, 0.1) is 6.20 Å². The first-order valence-electron chi connectivity index (χ1n) is 10.2. The average Bonchev–Trinajstić information content (AvgIpc) is 3.08. The maximum absolute atomic E-state index is 6.49. The van der Waals surface area contributed by atoms with Crippen LogP contribution in [0.1, 0.15) is 49.8 Å². The Labute approximate surface area is 176 Å². The van der Waals surface area contributed by atoms with Crippen molar-refractivity contribution in [2.75, 3.05) is 18.0 Å². The normalized spacial score (nSPS) is 17.4. The predicted octanol–water partition coefficient (Wildman–Crippen LogP) is 3.83. The molecule has 8 heteroatoms. The summed E-state index contributed by atoms with van der Waals surface area (Å²) >= 11 is 6.49. The summed E-state index contributed by atoms with van der Waals surface area (Å²) in [7, 11) is 0. The van der Waals surface area contributed by atoms with E-state index in [1.807, 2.05) is 24.7 Å². The van der Waals surface area contributed by atoms with Crippen molar-refractivity contribution in [3.05, 3.63) is 40.6 Å². The van der Waals surface area contributed by atoms with Crippen molar-refractivity contribution in [2.45, 2.75) is 59.2 Å². The molecule has 1 aliphatic rings. The van der Waals surface area contributed by atoms with Crippen molar-refractivity contribution in [3.63, 3.8) is 0 Å². The summed E-state index contributed by atoms with van der Waals surface area (Å²) in [5.74, 6) is 1.84. The molecule has 154 valence electrons. The number of nitrogens with one attached hydrogen (secondary N) is 1. The quantitative estimate of drug-likeness (QED) is 0.641. The van der Waals surface area contributed by atoms with Crippen LogP contribution in [0.2, 0.25) is 5.15 Å². The number of nitrogens with zero attached hydrogens (tertiary/aromatic N) is 6. The van der Waals surface area contributed by atoms with Crippen LogP contribution in [0.5, 0.6) is 0 Å². The van der Waals surface area contributed by atoms with Crippen molar-refractivity contribution in [3.8, 4) is 0 Å². The van der Waals surface area contributed by atoms with Crippen molar-refractivity contribution in [1.29, 1.82) is 0 Å². The van der Waals surface area contributed by atoms with Gasteiger partial charge in [0.25, 0.3) is 0 Å². The number of halogens is 1. The molecule has 1 unspecified atom stereocenters. The number of pyridine rings is 1. The minimum Gasteiger partial charge on any atom is -0.355 e. The number of hydrogen-bond acceptors (Lipinski definition) is 6. The fourth-order valence-electron chi connectivity index (χ4n) is 3.97. The van der Waals surface area contributed by atoms with Gasteiger partial charge in [-0.25, -0.2) is 19.6 Å². The number of anilines is 1. The zero-order valence-corrected chi connectivity index (χ0v) is 18.2. The third-order valence-corrected chi connectivity index (χ3v) is 5.69. The Hall–Kier alpha value is -2.25. The van der Waals surface area contributed by atoms with Gasteiger partial charge in [-0.3, -0.25) is 0 Å². The Bertz CT molecular complexity index is 993. The van der Waals surface area contributed by atoms with Gasteiger partial charge in [0.15, 0.2) is 5.65 Å². The zero-order valence-electron chi connectivity index (χ0n) is 17.5. The van der Waals surface area contributed by atoms with Gasteiger partial charge in [0, 0.05) is 54.4 Å². The highest BCUT2D eigenvalue weighted by Gasteiger charge is 2.22. The summed E-state index contributed by atoms with van der Waals surface area (Å²) in [4.78, 5) is 16.0. The van der Waals surface area contributed by atoms with E-state index in [9.17, 15) is 0 Å². The van der Waals surface area contributed by atoms with E-state index in [-0.39, 0.29) is 6.04 Å². The van der Waals surface area contributed by atoms with Gasteiger partial charge < -0.3 is 10.2 Å².